The molecule has 82 valence electrons. The molecular weight excluding hydrogens is 204 g/mol. The van der Waals surface area contributed by atoms with Crippen molar-refractivity contribution in [3.8, 4) is 0 Å². The molecule has 2 N–H and O–H groups in total. The summed E-state index contributed by atoms with van der Waals surface area (Å²) in [5.74, 6) is 1.08. The molecular formula is C9H17ClN2O2. The molecule has 0 aromatic heterocycles. The summed E-state index contributed by atoms with van der Waals surface area (Å²) in [5.41, 5.74) is 0. The fraction of sp³-hybridized carbons (Fsp3) is 0.889. The lowest BCUT2D eigenvalue weighted by Crippen LogP contribution is -2.51. The third kappa shape index (κ3) is 1.81. The van der Waals surface area contributed by atoms with Crippen molar-refractivity contribution in [3.05, 3.63) is 0 Å². The van der Waals surface area contributed by atoms with Crippen LogP contribution in [0.4, 0.5) is 4.79 Å². The Labute approximate surface area is 90.1 Å². The van der Waals surface area contributed by atoms with Crippen molar-refractivity contribution in [3.63, 3.8) is 0 Å². The molecule has 1 amide bonds. The number of hydrogen-bond donors (Lipinski definition) is 2. The van der Waals surface area contributed by atoms with Crippen LogP contribution in [0.2, 0.25) is 0 Å². The number of carboxylic acid groups (broad SMARTS) is 1. The van der Waals surface area contributed by atoms with E-state index in [9.17, 15) is 4.79 Å². The first-order chi connectivity index (χ1) is 6.22. The van der Waals surface area contributed by atoms with E-state index in [1.54, 1.807) is 4.90 Å². The van der Waals surface area contributed by atoms with E-state index in [-0.39, 0.29) is 12.4 Å². The maximum Gasteiger partial charge on any atom is 0.407 e. The predicted octanol–water partition coefficient (Wildman–Crippen LogP) is 1.02. The number of carbonyl (C=O) groups is 1. The predicted molar refractivity (Wildman–Crippen MR) is 55.9 cm³/mol. The zero-order chi connectivity index (χ0) is 9.42. The van der Waals surface area contributed by atoms with Crippen LogP contribution in [0.3, 0.4) is 0 Å². The molecule has 14 heavy (non-hydrogen) atoms. The molecule has 0 spiro atoms. The summed E-state index contributed by atoms with van der Waals surface area (Å²) in [6, 6.07) is 0.551. The number of nitrogens with zero attached hydrogens (tertiary/aromatic N) is 1. The van der Waals surface area contributed by atoms with E-state index in [1.165, 1.54) is 12.8 Å². The number of rotatable bonds is 1. The van der Waals surface area contributed by atoms with Gasteiger partial charge in [0.25, 0.3) is 0 Å². The molecule has 1 aliphatic carbocycles. The molecule has 2 rings (SSSR count). The fourth-order valence-corrected chi connectivity index (χ4v) is 2.85. The van der Waals surface area contributed by atoms with Gasteiger partial charge in [-0.05, 0) is 31.7 Å². The summed E-state index contributed by atoms with van der Waals surface area (Å²) in [5, 5.41) is 12.2. The van der Waals surface area contributed by atoms with Gasteiger partial charge in [-0.3, -0.25) is 0 Å². The maximum absolute atomic E-state index is 10.8. The molecule has 0 aromatic rings. The lowest BCUT2D eigenvalue weighted by atomic mass is 9.93. The van der Waals surface area contributed by atoms with Crippen molar-refractivity contribution in [2.24, 2.45) is 11.8 Å². The summed E-state index contributed by atoms with van der Waals surface area (Å²) >= 11 is 0. The summed E-state index contributed by atoms with van der Waals surface area (Å²) in [6.45, 7) is 1.44. The smallest absolute Gasteiger partial charge is 0.407 e. The number of halogens is 1. The van der Waals surface area contributed by atoms with Gasteiger partial charge in [0.1, 0.15) is 0 Å². The van der Waals surface area contributed by atoms with E-state index in [2.05, 4.69) is 5.32 Å². The van der Waals surface area contributed by atoms with E-state index < -0.39 is 6.09 Å². The number of amides is 1. The highest BCUT2D eigenvalue weighted by atomic mass is 35.5. The first-order valence-electron chi connectivity index (χ1n) is 4.87. The van der Waals surface area contributed by atoms with Gasteiger partial charge >= 0.3 is 6.09 Å². The molecule has 1 heterocycles. The minimum atomic E-state index is -0.758. The van der Waals surface area contributed by atoms with Gasteiger partial charge in [0.2, 0.25) is 0 Å². The SMILES string of the molecule is CN[C@@H]1[C@@H]2CC[C@H]1CN(C(=O)O)C2.Cl. The highest BCUT2D eigenvalue weighted by Gasteiger charge is 2.42. The largest absolute Gasteiger partial charge is 0.465 e. The van der Waals surface area contributed by atoms with Crippen LogP contribution in [0, 0.1) is 11.8 Å². The van der Waals surface area contributed by atoms with Crippen LogP contribution in [0.25, 0.3) is 0 Å². The summed E-state index contributed by atoms with van der Waals surface area (Å²) in [7, 11) is 1.98. The van der Waals surface area contributed by atoms with Gasteiger partial charge in [-0.25, -0.2) is 4.79 Å². The summed E-state index contributed by atoms with van der Waals surface area (Å²) < 4.78 is 0. The molecule has 1 aliphatic heterocycles. The number of nitrogens with one attached hydrogen (secondary N) is 1. The second-order valence-electron chi connectivity index (χ2n) is 4.10. The lowest BCUT2D eigenvalue weighted by Gasteiger charge is -2.36. The second-order valence-corrected chi connectivity index (χ2v) is 4.10. The third-order valence-electron chi connectivity index (χ3n) is 3.44. The van der Waals surface area contributed by atoms with Gasteiger partial charge in [-0.15, -0.1) is 12.4 Å². The Balaban J connectivity index is 0.000000980. The second kappa shape index (κ2) is 4.36. The standard InChI is InChI=1S/C9H16N2O2.ClH/c1-10-8-6-2-3-7(8)5-11(4-6)9(12)13;/h6-8,10H,2-5H2,1H3,(H,12,13);1H/t6-,7+,8-;. The molecule has 0 unspecified atom stereocenters. The molecule has 2 fully saturated rings. The number of piperidine rings is 1. The normalized spacial score (nSPS) is 35.2. The number of likely N-dealkylation sites (tertiary alicyclic amines) is 1. The van der Waals surface area contributed by atoms with Gasteiger partial charge in [-0.1, -0.05) is 0 Å². The Bertz CT molecular complexity index is 211. The Kier molecular flexibility index (Phi) is 3.61. The van der Waals surface area contributed by atoms with E-state index in [1.807, 2.05) is 7.05 Å². The van der Waals surface area contributed by atoms with Crippen molar-refractivity contribution in [2.75, 3.05) is 20.1 Å². The topological polar surface area (TPSA) is 52.6 Å². The minimum absolute atomic E-state index is 0. The number of hydrogen-bond acceptors (Lipinski definition) is 2. The van der Waals surface area contributed by atoms with Crippen LogP contribution in [0.1, 0.15) is 12.8 Å². The molecule has 5 heteroatoms. The van der Waals surface area contributed by atoms with Crippen molar-refractivity contribution >= 4 is 18.5 Å². The Morgan fingerprint density at radius 3 is 2.21 bits per heavy atom. The quantitative estimate of drug-likeness (QED) is 0.694. The molecule has 1 saturated carbocycles. The van der Waals surface area contributed by atoms with Gasteiger partial charge < -0.3 is 15.3 Å². The van der Waals surface area contributed by atoms with Crippen LogP contribution in [0.5, 0.6) is 0 Å². The molecule has 4 nitrogen and oxygen atoms in total. The Morgan fingerprint density at radius 1 is 1.36 bits per heavy atom. The summed E-state index contributed by atoms with van der Waals surface area (Å²) in [6.07, 6.45) is 1.60. The van der Waals surface area contributed by atoms with E-state index in [0.717, 1.165) is 13.1 Å². The maximum atomic E-state index is 10.8. The first-order valence-corrected chi connectivity index (χ1v) is 4.87. The highest BCUT2D eigenvalue weighted by Crippen LogP contribution is 2.36. The molecule has 0 radical (unpaired) electrons. The van der Waals surface area contributed by atoms with E-state index in [0.29, 0.717) is 17.9 Å². The summed E-state index contributed by atoms with van der Waals surface area (Å²) in [4.78, 5) is 12.3. The van der Waals surface area contributed by atoms with Crippen molar-refractivity contribution in [1.82, 2.24) is 10.2 Å². The lowest BCUT2D eigenvalue weighted by molar-refractivity contribution is 0.103. The molecule has 1 saturated heterocycles. The monoisotopic (exact) mass is 220 g/mol. The van der Waals surface area contributed by atoms with Crippen LogP contribution in [-0.4, -0.2) is 42.3 Å². The molecule has 0 aromatic carbocycles. The fourth-order valence-electron chi connectivity index (χ4n) is 2.85. The third-order valence-corrected chi connectivity index (χ3v) is 3.44. The van der Waals surface area contributed by atoms with Crippen LogP contribution in [0.15, 0.2) is 0 Å². The number of fused-ring (bicyclic) bond motifs is 2. The average molecular weight is 221 g/mol. The molecule has 2 aliphatic rings. The van der Waals surface area contributed by atoms with Crippen molar-refractivity contribution in [2.45, 2.75) is 18.9 Å². The average Bonchev–Trinajstić information content (AvgIpc) is 2.34. The molecule has 3 atom stereocenters. The van der Waals surface area contributed by atoms with Gasteiger partial charge in [-0.2, -0.15) is 0 Å². The van der Waals surface area contributed by atoms with Gasteiger partial charge in [0.15, 0.2) is 0 Å². The highest BCUT2D eigenvalue weighted by molar-refractivity contribution is 5.85. The zero-order valence-corrected chi connectivity index (χ0v) is 9.09. The van der Waals surface area contributed by atoms with E-state index >= 15 is 0 Å². The van der Waals surface area contributed by atoms with E-state index in [4.69, 9.17) is 5.11 Å². The van der Waals surface area contributed by atoms with Gasteiger partial charge in [0, 0.05) is 19.1 Å². The Morgan fingerprint density at radius 2 is 1.86 bits per heavy atom. The Hall–Kier alpha value is -0.480. The van der Waals surface area contributed by atoms with Crippen molar-refractivity contribution < 1.29 is 9.90 Å². The molecule has 2 bridgehead atoms. The van der Waals surface area contributed by atoms with Crippen LogP contribution >= 0.6 is 12.4 Å². The van der Waals surface area contributed by atoms with Gasteiger partial charge in [0.05, 0.1) is 0 Å². The first kappa shape index (κ1) is 11.6. The van der Waals surface area contributed by atoms with Crippen LogP contribution < -0.4 is 5.32 Å². The van der Waals surface area contributed by atoms with Crippen molar-refractivity contribution in [1.29, 1.82) is 0 Å². The zero-order valence-electron chi connectivity index (χ0n) is 8.27. The van der Waals surface area contributed by atoms with Crippen LogP contribution in [-0.2, 0) is 0 Å². The minimum Gasteiger partial charge on any atom is -0.465 e.